The largest absolute Gasteiger partial charge is 0.360 e. The zero-order valence-corrected chi connectivity index (χ0v) is 14.0. The van der Waals surface area contributed by atoms with Crippen molar-refractivity contribution in [3.63, 3.8) is 0 Å². The maximum Gasteiger partial charge on any atom is 0.275 e. The lowest BCUT2D eigenvalue weighted by molar-refractivity contribution is 0.0950. The molecular weight excluding hydrogens is 326 g/mol. The second-order valence-corrected chi connectivity index (χ2v) is 5.68. The quantitative estimate of drug-likeness (QED) is 0.726. The zero-order chi connectivity index (χ0) is 17.1. The van der Waals surface area contributed by atoms with Gasteiger partial charge in [0.25, 0.3) is 5.91 Å². The van der Waals surface area contributed by atoms with Crippen LogP contribution in [0.3, 0.4) is 0 Å². The van der Waals surface area contributed by atoms with E-state index in [1.807, 2.05) is 42.5 Å². The van der Waals surface area contributed by atoms with E-state index >= 15 is 0 Å². The number of hydrogen-bond donors (Lipinski definition) is 1. The minimum Gasteiger partial charge on any atom is -0.360 e. The van der Waals surface area contributed by atoms with Crippen LogP contribution < -0.4 is 10.4 Å². The van der Waals surface area contributed by atoms with Crippen LogP contribution in [-0.2, 0) is 0 Å². The number of para-hydroxylation sites is 1. The van der Waals surface area contributed by atoms with E-state index in [9.17, 15) is 4.79 Å². The molecule has 24 heavy (non-hydrogen) atoms. The van der Waals surface area contributed by atoms with Gasteiger partial charge in [0.1, 0.15) is 17.0 Å². The molecule has 0 aliphatic heterocycles. The number of aromatic nitrogens is 1. The monoisotopic (exact) mass is 341 g/mol. The Morgan fingerprint density at radius 3 is 2.50 bits per heavy atom. The third-order valence-electron chi connectivity index (χ3n) is 3.63. The molecular formula is C18H16ClN3O2. The molecule has 0 bridgehead atoms. The Morgan fingerprint density at radius 1 is 1.12 bits per heavy atom. The third kappa shape index (κ3) is 3.12. The topological polar surface area (TPSA) is 58.4 Å². The molecule has 0 saturated carbocycles. The number of benzene rings is 2. The van der Waals surface area contributed by atoms with Gasteiger partial charge in [0.15, 0.2) is 0 Å². The summed E-state index contributed by atoms with van der Waals surface area (Å²) in [5, 5.41) is 6.16. The number of hydrazine groups is 1. The van der Waals surface area contributed by atoms with Crippen molar-refractivity contribution in [2.45, 2.75) is 6.92 Å². The van der Waals surface area contributed by atoms with Gasteiger partial charge in [-0.25, -0.2) is 0 Å². The normalized spacial score (nSPS) is 10.5. The van der Waals surface area contributed by atoms with Gasteiger partial charge in [0.2, 0.25) is 0 Å². The Hall–Kier alpha value is -2.79. The molecule has 1 heterocycles. The van der Waals surface area contributed by atoms with Crippen molar-refractivity contribution in [3.05, 3.63) is 70.9 Å². The SMILES string of the molecule is Cc1onc(-c2ccccc2Cl)c1C(=O)NN(C)c1ccccc1. The smallest absolute Gasteiger partial charge is 0.275 e. The molecule has 122 valence electrons. The van der Waals surface area contributed by atoms with E-state index < -0.39 is 0 Å². The van der Waals surface area contributed by atoms with E-state index in [2.05, 4.69) is 10.6 Å². The standard InChI is InChI=1S/C18H16ClN3O2/c1-12-16(17(21-24-12)14-10-6-7-11-15(14)19)18(23)20-22(2)13-8-4-3-5-9-13/h3-11H,1-2H3,(H,20,23). The minimum atomic E-state index is -0.310. The van der Waals surface area contributed by atoms with E-state index in [0.29, 0.717) is 27.6 Å². The van der Waals surface area contributed by atoms with Crippen LogP contribution in [0.1, 0.15) is 16.1 Å². The summed E-state index contributed by atoms with van der Waals surface area (Å²) in [6.07, 6.45) is 0. The Balaban J connectivity index is 1.91. The number of carbonyl (C=O) groups is 1. The predicted octanol–water partition coefficient (Wildman–Crippen LogP) is 4.08. The molecule has 3 rings (SSSR count). The fourth-order valence-corrected chi connectivity index (χ4v) is 2.63. The summed E-state index contributed by atoms with van der Waals surface area (Å²) in [7, 11) is 1.77. The molecule has 1 aromatic heterocycles. The van der Waals surface area contributed by atoms with Crippen LogP contribution >= 0.6 is 11.6 Å². The lowest BCUT2D eigenvalue weighted by atomic mass is 10.1. The van der Waals surface area contributed by atoms with Crippen LogP contribution in [0.15, 0.2) is 59.1 Å². The maximum absolute atomic E-state index is 12.7. The molecule has 2 aromatic carbocycles. The molecule has 0 fully saturated rings. The highest BCUT2D eigenvalue weighted by Gasteiger charge is 2.23. The van der Waals surface area contributed by atoms with Crippen molar-refractivity contribution in [3.8, 4) is 11.3 Å². The van der Waals surface area contributed by atoms with Gasteiger partial charge >= 0.3 is 0 Å². The van der Waals surface area contributed by atoms with Gasteiger partial charge in [0.05, 0.1) is 10.7 Å². The van der Waals surface area contributed by atoms with Gasteiger partial charge in [-0.3, -0.25) is 15.2 Å². The van der Waals surface area contributed by atoms with E-state index in [1.54, 1.807) is 31.1 Å². The average molecular weight is 342 g/mol. The zero-order valence-electron chi connectivity index (χ0n) is 13.3. The number of amides is 1. The Morgan fingerprint density at radius 2 is 1.79 bits per heavy atom. The van der Waals surface area contributed by atoms with Crippen molar-refractivity contribution in [2.75, 3.05) is 12.1 Å². The van der Waals surface area contributed by atoms with Gasteiger partial charge in [-0.1, -0.05) is 53.2 Å². The van der Waals surface area contributed by atoms with Crippen molar-refractivity contribution < 1.29 is 9.32 Å². The molecule has 1 N–H and O–H groups in total. The van der Waals surface area contributed by atoms with Crippen LogP contribution in [0.4, 0.5) is 5.69 Å². The summed E-state index contributed by atoms with van der Waals surface area (Å²) >= 11 is 6.22. The first-order valence-electron chi connectivity index (χ1n) is 7.39. The Labute approximate surface area is 144 Å². The fraction of sp³-hybridized carbons (Fsp3) is 0.111. The minimum absolute atomic E-state index is 0.310. The second-order valence-electron chi connectivity index (χ2n) is 5.28. The van der Waals surface area contributed by atoms with Crippen LogP contribution in [0.5, 0.6) is 0 Å². The van der Waals surface area contributed by atoms with Gasteiger partial charge in [-0.2, -0.15) is 0 Å². The number of hydrogen-bond acceptors (Lipinski definition) is 4. The highest BCUT2D eigenvalue weighted by Crippen LogP contribution is 2.31. The van der Waals surface area contributed by atoms with Crippen molar-refractivity contribution in [1.82, 2.24) is 10.6 Å². The number of anilines is 1. The highest BCUT2D eigenvalue weighted by atomic mass is 35.5. The Kier molecular flexibility index (Phi) is 4.53. The first kappa shape index (κ1) is 16.1. The van der Waals surface area contributed by atoms with Gasteiger partial charge in [-0.15, -0.1) is 0 Å². The van der Waals surface area contributed by atoms with Gasteiger partial charge < -0.3 is 4.52 Å². The molecule has 1 amide bonds. The molecule has 0 radical (unpaired) electrons. The van der Waals surface area contributed by atoms with Crippen LogP contribution in [0.25, 0.3) is 11.3 Å². The number of nitrogens with zero attached hydrogens (tertiary/aromatic N) is 2. The third-order valence-corrected chi connectivity index (χ3v) is 3.96. The first-order chi connectivity index (χ1) is 11.6. The van der Waals surface area contributed by atoms with Crippen LogP contribution in [0, 0.1) is 6.92 Å². The van der Waals surface area contributed by atoms with Crippen LogP contribution in [-0.4, -0.2) is 18.1 Å². The molecule has 0 atom stereocenters. The summed E-state index contributed by atoms with van der Waals surface area (Å²) in [6.45, 7) is 1.70. The van der Waals surface area contributed by atoms with E-state index in [4.69, 9.17) is 16.1 Å². The molecule has 6 heteroatoms. The number of halogens is 1. The van der Waals surface area contributed by atoms with Crippen molar-refractivity contribution >= 4 is 23.2 Å². The lowest BCUT2D eigenvalue weighted by Gasteiger charge is -2.20. The summed E-state index contributed by atoms with van der Waals surface area (Å²) in [5.41, 5.74) is 5.13. The van der Waals surface area contributed by atoms with E-state index in [0.717, 1.165) is 5.69 Å². The summed E-state index contributed by atoms with van der Waals surface area (Å²) in [4.78, 5) is 12.7. The number of rotatable bonds is 4. The predicted molar refractivity (Wildman–Crippen MR) is 94.0 cm³/mol. The summed E-state index contributed by atoms with van der Waals surface area (Å²) in [5.74, 6) is 0.124. The first-order valence-corrected chi connectivity index (χ1v) is 7.76. The molecule has 0 saturated heterocycles. The van der Waals surface area contributed by atoms with Crippen molar-refractivity contribution in [2.24, 2.45) is 0 Å². The molecule has 0 aliphatic rings. The highest BCUT2D eigenvalue weighted by molar-refractivity contribution is 6.33. The summed E-state index contributed by atoms with van der Waals surface area (Å²) < 4.78 is 5.23. The number of carbonyl (C=O) groups excluding carboxylic acids is 1. The average Bonchev–Trinajstić information content (AvgIpc) is 2.97. The van der Waals surface area contributed by atoms with Gasteiger partial charge in [0, 0.05) is 12.6 Å². The maximum atomic E-state index is 12.7. The molecule has 3 aromatic rings. The number of aryl methyl sites for hydroxylation is 1. The summed E-state index contributed by atoms with van der Waals surface area (Å²) in [6, 6.07) is 16.7. The molecule has 0 unspecified atom stereocenters. The molecule has 5 nitrogen and oxygen atoms in total. The van der Waals surface area contributed by atoms with Gasteiger partial charge in [-0.05, 0) is 25.1 Å². The van der Waals surface area contributed by atoms with E-state index in [-0.39, 0.29) is 5.91 Å². The second kappa shape index (κ2) is 6.76. The van der Waals surface area contributed by atoms with Crippen molar-refractivity contribution in [1.29, 1.82) is 0 Å². The molecule has 0 aliphatic carbocycles. The Bertz CT molecular complexity index is 862. The fourth-order valence-electron chi connectivity index (χ4n) is 2.40. The molecule has 0 spiro atoms. The lowest BCUT2D eigenvalue weighted by Crippen LogP contribution is -2.39. The van der Waals surface area contributed by atoms with Crippen LogP contribution in [0.2, 0.25) is 5.02 Å². The van der Waals surface area contributed by atoms with E-state index in [1.165, 1.54) is 0 Å². The number of nitrogens with one attached hydrogen (secondary N) is 1.